The number of nitrogens with one attached hydrogen (secondary N) is 1. The molecule has 0 aromatic heterocycles. The Balaban J connectivity index is 1.81. The summed E-state index contributed by atoms with van der Waals surface area (Å²) in [7, 11) is 0. The van der Waals surface area contributed by atoms with E-state index >= 15 is 0 Å². The molecule has 2 rings (SSSR count). The third kappa shape index (κ3) is 4.84. The lowest BCUT2D eigenvalue weighted by atomic mass is 10.2. The second-order valence-corrected chi connectivity index (χ2v) is 5.54. The quantitative estimate of drug-likeness (QED) is 0.620. The Morgan fingerprint density at radius 1 is 1.23 bits per heavy atom. The van der Waals surface area contributed by atoms with Crippen LogP contribution < -0.4 is 10.3 Å². The van der Waals surface area contributed by atoms with Crippen molar-refractivity contribution in [2.75, 3.05) is 37.6 Å². The summed E-state index contributed by atoms with van der Waals surface area (Å²) in [4.78, 5) is 16.2. The van der Waals surface area contributed by atoms with E-state index in [2.05, 4.69) is 46.3 Å². The molecular formula is C17H26N4O. The van der Waals surface area contributed by atoms with Crippen molar-refractivity contribution in [3.8, 4) is 0 Å². The highest BCUT2D eigenvalue weighted by Gasteiger charge is 2.14. The molecule has 0 radical (unpaired) electrons. The van der Waals surface area contributed by atoms with Crippen molar-refractivity contribution < 1.29 is 4.79 Å². The number of rotatable bonds is 7. The van der Waals surface area contributed by atoms with E-state index < -0.39 is 0 Å². The number of hydrogen-bond acceptors (Lipinski definition) is 4. The van der Waals surface area contributed by atoms with Gasteiger partial charge in [0.25, 0.3) is 5.91 Å². The van der Waals surface area contributed by atoms with Crippen LogP contribution in [0.25, 0.3) is 0 Å². The average molecular weight is 302 g/mol. The molecule has 0 unspecified atom stereocenters. The van der Waals surface area contributed by atoms with E-state index in [1.807, 2.05) is 12.1 Å². The highest BCUT2D eigenvalue weighted by atomic mass is 16.2. The van der Waals surface area contributed by atoms with Crippen molar-refractivity contribution in [3.63, 3.8) is 0 Å². The number of hydrogen-bond donors (Lipinski definition) is 1. The molecule has 0 aliphatic carbocycles. The lowest BCUT2D eigenvalue weighted by Crippen LogP contribution is -2.33. The molecule has 5 heteroatoms. The molecule has 0 spiro atoms. The van der Waals surface area contributed by atoms with Crippen LogP contribution >= 0.6 is 0 Å². The minimum atomic E-state index is -0.0436. The van der Waals surface area contributed by atoms with Crippen molar-refractivity contribution in [3.05, 3.63) is 29.8 Å². The van der Waals surface area contributed by atoms with Gasteiger partial charge in [0.05, 0.1) is 12.8 Å². The minimum absolute atomic E-state index is 0.0436. The maximum absolute atomic E-state index is 11.7. The van der Waals surface area contributed by atoms with Gasteiger partial charge in [-0.2, -0.15) is 5.10 Å². The second-order valence-electron chi connectivity index (χ2n) is 5.54. The number of benzene rings is 1. The fourth-order valence-electron chi connectivity index (χ4n) is 2.72. The van der Waals surface area contributed by atoms with Crippen LogP contribution in [0.4, 0.5) is 5.69 Å². The summed E-state index contributed by atoms with van der Waals surface area (Å²) in [6, 6.07) is 8.20. The fraction of sp³-hybridized carbons (Fsp3) is 0.529. The lowest BCUT2D eigenvalue weighted by molar-refractivity contribution is -0.121. The van der Waals surface area contributed by atoms with E-state index in [4.69, 9.17) is 0 Å². The maximum atomic E-state index is 11.7. The standard InChI is InChI=1S/C17H26N4O/c1-3-21(4-2)16-9-7-15(8-10-16)13-18-19-17(22)14-20-11-5-6-12-20/h7-10,13H,3-6,11-12,14H2,1-2H3,(H,19,22)/b18-13+. The van der Waals surface area contributed by atoms with Crippen molar-refractivity contribution >= 4 is 17.8 Å². The molecule has 1 N–H and O–H groups in total. The molecule has 120 valence electrons. The normalized spacial score (nSPS) is 15.4. The van der Waals surface area contributed by atoms with Gasteiger partial charge in [0, 0.05) is 18.8 Å². The highest BCUT2D eigenvalue weighted by molar-refractivity contribution is 5.83. The number of nitrogens with zero attached hydrogens (tertiary/aromatic N) is 3. The average Bonchev–Trinajstić information content (AvgIpc) is 3.03. The molecule has 1 aromatic carbocycles. The zero-order valence-corrected chi connectivity index (χ0v) is 13.6. The number of carbonyl (C=O) groups excluding carboxylic acids is 1. The summed E-state index contributed by atoms with van der Waals surface area (Å²) >= 11 is 0. The monoisotopic (exact) mass is 302 g/mol. The number of hydrazone groups is 1. The molecule has 1 fully saturated rings. The van der Waals surface area contributed by atoms with Crippen LogP contribution in [0.3, 0.4) is 0 Å². The topological polar surface area (TPSA) is 47.9 Å². The Morgan fingerprint density at radius 3 is 2.45 bits per heavy atom. The van der Waals surface area contributed by atoms with Crippen LogP contribution in [0.5, 0.6) is 0 Å². The van der Waals surface area contributed by atoms with E-state index in [1.54, 1.807) is 6.21 Å². The molecular weight excluding hydrogens is 276 g/mol. The first-order chi connectivity index (χ1) is 10.7. The van der Waals surface area contributed by atoms with E-state index in [-0.39, 0.29) is 5.91 Å². The zero-order chi connectivity index (χ0) is 15.8. The molecule has 1 aliphatic rings. The summed E-state index contributed by atoms with van der Waals surface area (Å²) in [5.74, 6) is -0.0436. The smallest absolute Gasteiger partial charge is 0.254 e. The minimum Gasteiger partial charge on any atom is -0.372 e. The summed E-state index contributed by atoms with van der Waals surface area (Å²) in [5.41, 5.74) is 4.79. The Bertz CT molecular complexity index is 488. The van der Waals surface area contributed by atoms with Crippen LogP contribution in [-0.4, -0.2) is 49.7 Å². The first-order valence-electron chi connectivity index (χ1n) is 8.12. The Morgan fingerprint density at radius 2 is 1.86 bits per heavy atom. The molecule has 1 amide bonds. The molecule has 1 aromatic rings. The molecule has 5 nitrogen and oxygen atoms in total. The summed E-state index contributed by atoms with van der Waals surface area (Å²) in [5, 5.41) is 4.03. The largest absolute Gasteiger partial charge is 0.372 e. The Kier molecular flexibility index (Phi) is 6.40. The van der Waals surface area contributed by atoms with Gasteiger partial charge in [-0.15, -0.1) is 0 Å². The lowest BCUT2D eigenvalue weighted by Gasteiger charge is -2.20. The van der Waals surface area contributed by atoms with Gasteiger partial charge in [0.2, 0.25) is 0 Å². The number of amides is 1. The van der Waals surface area contributed by atoms with Crippen molar-refractivity contribution in [1.82, 2.24) is 10.3 Å². The maximum Gasteiger partial charge on any atom is 0.254 e. The molecule has 1 heterocycles. The van der Waals surface area contributed by atoms with Crippen molar-refractivity contribution in [2.45, 2.75) is 26.7 Å². The molecule has 0 atom stereocenters. The van der Waals surface area contributed by atoms with Crippen LogP contribution in [0, 0.1) is 0 Å². The van der Waals surface area contributed by atoms with Crippen LogP contribution in [0.1, 0.15) is 32.3 Å². The summed E-state index contributed by atoms with van der Waals surface area (Å²) in [6.45, 7) is 8.77. The number of anilines is 1. The Hall–Kier alpha value is -1.88. The summed E-state index contributed by atoms with van der Waals surface area (Å²) in [6.07, 6.45) is 4.07. The second kappa shape index (κ2) is 8.54. The van der Waals surface area contributed by atoms with Gasteiger partial charge in [0.1, 0.15) is 0 Å². The third-order valence-corrected chi connectivity index (χ3v) is 3.99. The predicted molar refractivity (Wildman–Crippen MR) is 91.4 cm³/mol. The third-order valence-electron chi connectivity index (χ3n) is 3.99. The molecule has 0 saturated carbocycles. The SMILES string of the molecule is CCN(CC)c1ccc(/C=N/NC(=O)CN2CCCC2)cc1. The van der Waals surface area contributed by atoms with Crippen molar-refractivity contribution in [2.24, 2.45) is 5.10 Å². The van der Waals surface area contributed by atoms with Gasteiger partial charge < -0.3 is 4.90 Å². The van der Waals surface area contributed by atoms with E-state index in [1.165, 1.54) is 18.5 Å². The van der Waals surface area contributed by atoms with Crippen LogP contribution in [0.15, 0.2) is 29.4 Å². The number of likely N-dealkylation sites (tertiary alicyclic amines) is 1. The summed E-state index contributed by atoms with van der Waals surface area (Å²) < 4.78 is 0. The Labute approximate surface area is 133 Å². The van der Waals surface area contributed by atoms with Gasteiger partial charge in [-0.05, 0) is 57.5 Å². The predicted octanol–water partition coefficient (Wildman–Crippen LogP) is 2.08. The van der Waals surface area contributed by atoms with Gasteiger partial charge in [-0.3, -0.25) is 9.69 Å². The van der Waals surface area contributed by atoms with Gasteiger partial charge in [-0.25, -0.2) is 5.43 Å². The van der Waals surface area contributed by atoms with Gasteiger partial charge in [0.15, 0.2) is 0 Å². The molecule has 0 bridgehead atoms. The van der Waals surface area contributed by atoms with Crippen LogP contribution in [0.2, 0.25) is 0 Å². The van der Waals surface area contributed by atoms with Crippen LogP contribution in [-0.2, 0) is 4.79 Å². The van der Waals surface area contributed by atoms with Gasteiger partial charge >= 0.3 is 0 Å². The van der Waals surface area contributed by atoms with Gasteiger partial charge in [-0.1, -0.05) is 12.1 Å². The molecule has 1 aliphatic heterocycles. The molecule has 1 saturated heterocycles. The first-order valence-corrected chi connectivity index (χ1v) is 8.12. The highest BCUT2D eigenvalue weighted by Crippen LogP contribution is 2.13. The van der Waals surface area contributed by atoms with E-state index in [9.17, 15) is 4.79 Å². The zero-order valence-electron chi connectivity index (χ0n) is 13.6. The van der Waals surface area contributed by atoms with E-state index in [0.717, 1.165) is 31.7 Å². The number of carbonyl (C=O) groups is 1. The molecule has 22 heavy (non-hydrogen) atoms. The first kappa shape index (κ1) is 16.5. The van der Waals surface area contributed by atoms with E-state index in [0.29, 0.717) is 6.54 Å². The fourth-order valence-corrected chi connectivity index (χ4v) is 2.72. The van der Waals surface area contributed by atoms with Crippen molar-refractivity contribution in [1.29, 1.82) is 0 Å².